The SMILES string of the molecule is Cc1cc(OCC2CCCCO2)c(N)cc1F. The Kier molecular flexibility index (Phi) is 3.84. The molecule has 0 bridgehead atoms. The van der Waals surface area contributed by atoms with Crippen molar-refractivity contribution in [3.8, 4) is 5.75 Å². The lowest BCUT2D eigenvalue weighted by Crippen LogP contribution is -2.26. The first kappa shape index (κ1) is 12.2. The molecule has 4 heteroatoms. The average molecular weight is 239 g/mol. The van der Waals surface area contributed by atoms with E-state index in [1.54, 1.807) is 13.0 Å². The molecule has 1 unspecified atom stereocenters. The zero-order chi connectivity index (χ0) is 12.3. The normalized spacial score (nSPS) is 20.2. The van der Waals surface area contributed by atoms with Crippen molar-refractivity contribution in [2.75, 3.05) is 18.9 Å². The minimum atomic E-state index is -0.302. The third kappa shape index (κ3) is 3.09. The maximum Gasteiger partial charge on any atom is 0.142 e. The summed E-state index contributed by atoms with van der Waals surface area (Å²) in [5.74, 6) is 0.238. The number of hydrogen-bond donors (Lipinski definition) is 1. The van der Waals surface area contributed by atoms with Crippen LogP contribution in [-0.2, 0) is 4.74 Å². The molecule has 0 aromatic heterocycles. The standard InChI is InChI=1S/C13H18FNO2/c1-9-6-13(12(15)7-11(9)14)17-8-10-4-2-3-5-16-10/h6-7,10H,2-5,8,15H2,1H3. The van der Waals surface area contributed by atoms with Crippen LogP contribution in [0.25, 0.3) is 0 Å². The maximum absolute atomic E-state index is 13.2. The summed E-state index contributed by atoms with van der Waals surface area (Å²) in [7, 11) is 0. The Morgan fingerprint density at radius 2 is 2.29 bits per heavy atom. The van der Waals surface area contributed by atoms with Crippen LogP contribution in [0.2, 0.25) is 0 Å². The van der Waals surface area contributed by atoms with Gasteiger partial charge in [-0.05, 0) is 37.8 Å². The number of halogens is 1. The topological polar surface area (TPSA) is 44.5 Å². The van der Waals surface area contributed by atoms with Crippen molar-refractivity contribution in [1.29, 1.82) is 0 Å². The molecule has 0 amide bonds. The fraction of sp³-hybridized carbons (Fsp3) is 0.538. The highest BCUT2D eigenvalue weighted by Gasteiger charge is 2.15. The Hall–Kier alpha value is -1.29. The summed E-state index contributed by atoms with van der Waals surface area (Å²) in [5.41, 5.74) is 6.58. The molecule has 1 saturated heterocycles. The van der Waals surface area contributed by atoms with Crippen molar-refractivity contribution in [2.45, 2.75) is 32.3 Å². The van der Waals surface area contributed by atoms with Crippen LogP contribution in [0.1, 0.15) is 24.8 Å². The van der Waals surface area contributed by atoms with Crippen LogP contribution in [0.5, 0.6) is 5.75 Å². The molecule has 1 aromatic carbocycles. The molecule has 17 heavy (non-hydrogen) atoms. The van der Waals surface area contributed by atoms with Gasteiger partial charge >= 0.3 is 0 Å². The van der Waals surface area contributed by atoms with E-state index in [0.717, 1.165) is 19.4 Å². The van der Waals surface area contributed by atoms with E-state index < -0.39 is 0 Å². The minimum absolute atomic E-state index is 0.133. The molecule has 1 aromatic rings. The molecule has 0 radical (unpaired) electrons. The molecular weight excluding hydrogens is 221 g/mol. The molecule has 1 aliphatic rings. The Morgan fingerprint density at radius 3 is 3.00 bits per heavy atom. The lowest BCUT2D eigenvalue weighted by Gasteiger charge is -2.23. The van der Waals surface area contributed by atoms with Gasteiger partial charge in [0, 0.05) is 12.7 Å². The van der Waals surface area contributed by atoms with Crippen molar-refractivity contribution < 1.29 is 13.9 Å². The van der Waals surface area contributed by atoms with E-state index in [9.17, 15) is 4.39 Å². The minimum Gasteiger partial charge on any atom is -0.489 e. The summed E-state index contributed by atoms with van der Waals surface area (Å²) >= 11 is 0. The van der Waals surface area contributed by atoms with Crippen LogP contribution < -0.4 is 10.5 Å². The number of benzene rings is 1. The smallest absolute Gasteiger partial charge is 0.142 e. The predicted molar refractivity (Wildman–Crippen MR) is 64.6 cm³/mol. The molecule has 0 spiro atoms. The summed E-state index contributed by atoms with van der Waals surface area (Å²) in [6.45, 7) is 2.97. The van der Waals surface area contributed by atoms with Crippen molar-refractivity contribution >= 4 is 5.69 Å². The summed E-state index contributed by atoms with van der Waals surface area (Å²) < 4.78 is 24.3. The summed E-state index contributed by atoms with van der Waals surface area (Å²) in [5, 5.41) is 0. The molecule has 1 heterocycles. The van der Waals surface area contributed by atoms with Crippen LogP contribution in [0.15, 0.2) is 12.1 Å². The number of hydrogen-bond acceptors (Lipinski definition) is 3. The molecule has 2 N–H and O–H groups in total. The largest absolute Gasteiger partial charge is 0.489 e. The van der Waals surface area contributed by atoms with Gasteiger partial charge in [0.15, 0.2) is 0 Å². The average Bonchev–Trinajstić information content (AvgIpc) is 2.33. The van der Waals surface area contributed by atoms with Gasteiger partial charge in [-0.15, -0.1) is 0 Å². The fourth-order valence-electron chi connectivity index (χ4n) is 1.92. The third-order valence-electron chi connectivity index (χ3n) is 2.99. The Morgan fingerprint density at radius 1 is 1.47 bits per heavy atom. The van der Waals surface area contributed by atoms with Gasteiger partial charge in [-0.25, -0.2) is 4.39 Å². The number of ether oxygens (including phenoxy) is 2. The lowest BCUT2D eigenvalue weighted by atomic mass is 10.1. The monoisotopic (exact) mass is 239 g/mol. The lowest BCUT2D eigenvalue weighted by molar-refractivity contribution is -0.0109. The summed E-state index contributed by atoms with van der Waals surface area (Å²) in [4.78, 5) is 0. The number of nitrogen functional groups attached to an aromatic ring is 1. The fourth-order valence-corrected chi connectivity index (χ4v) is 1.92. The van der Waals surface area contributed by atoms with Crippen molar-refractivity contribution in [1.82, 2.24) is 0 Å². The zero-order valence-corrected chi connectivity index (χ0v) is 10.0. The Bertz CT molecular complexity index is 389. The first-order valence-corrected chi connectivity index (χ1v) is 5.97. The molecule has 0 aliphatic carbocycles. The van der Waals surface area contributed by atoms with Gasteiger partial charge in [0.05, 0.1) is 11.8 Å². The molecule has 2 rings (SSSR count). The summed E-state index contributed by atoms with van der Waals surface area (Å²) in [6, 6.07) is 2.93. The van der Waals surface area contributed by atoms with Crippen LogP contribution in [-0.4, -0.2) is 19.3 Å². The molecule has 1 fully saturated rings. The second kappa shape index (κ2) is 5.36. The van der Waals surface area contributed by atoms with Gasteiger partial charge < -0.3 is 15.2 Å². The molecule has 1 aliphatic heterocycles. The van der Waals surface area contributed by atoms with E-state index >= 15 is 0 Å². The van der Waals surface area contributed by atoms with E-state index in [2.05, 4.69) is 0 Å². The van der Waals surface area contributed by atoms with Crippen LogP contribution in [0.4, 0.5) is 10.1 Å². The van der Waals surface area contributed by atoms with E-state index in [1.165, 1.54) is 12.5 Å². The molecule has 1 atom stereocenters. The first-order chi connectivity index (χ1) is 8.16. The Balaban J connectivity index is 1.96. The highest BCUT2D eigenvalue weighted by Crippen LogP contribution is 2.25. The predicted octanol–water partition coefficient (Wildman–Crippen LogP) is 2.66. The maximum atomic E-state index is 13.2. The highest BCUT2D eigenvalue weighted by molar-refractivity contribution is 5.54. The Labute approximate surface area is 101 Å². The quantitative estimate of drug-likeness (QED) is 0.825. The number of aryl methyl sites for hydroxylation is 1. The molecular formula is C13H18FNO2. The summed E-state index contributed by atoms with van der Waals surface area (Å²) in [6.07, 6.45) is 3.44. The van der Waals surface area contributed by atoms with E-state index in [-0.39, 0.29) is 11.9 Å². The second-order valence-electron chi connectivity index (χ2n) is 4.44. The van der Waals surface area contributed by atoms with E-state index in [0.29, 0.717) is 23.6 Å². The van der Waals surface area contributed by atoms with Gasteiger partial charge in [-0.1, -0.05) is 0 Å². The van der Waals surface area contributed by atoms with Gasteiger partial charge in [0.1, 0.15) is 18.2 Å². The van der Waals surface area contributed by atoms with Crippen molar-refractivity contribution in [2.24, 2.45) is 0 Å². The molecule has 0 saturated carbocycles. The van der Waals surface area contributed by atoms with Crippen molar-refractivity contribution in [3.63, 3.8) is 0 Å². The second-order valence-corrected chi connectivity index (χ2v) is 4.44. The van der Waals surface area contributed by atoms with Gasteiger partial charge in [0.2, 0.25) is 0 Å². The molecule has 3 nitrogen and oxygen atoms in total. The van der Waals surface area contributed by atoms with Crippen LogP contribution in [0.3, 0.4) is 0 Å². The van der Waals surface area contributed by atoms with Gasteiger partial charge in [-0.3, -0.25) is 0 Å². The van der Waals surface area contributed by atoms with Gasteiger partial charge in [-0.2, -0.15) is 0 Å². The number of nitrogens with two attached hydrogens (primary N) is 1. The van der Waals surface area contributed by atoms with Gasteiger partial charge in [0.25, 0.3) is 0 Å². The van der Waals surface area contributed by atoms with E-state index in [1.807, 2.05) is 0 Å². The molecule has 94 valence electrons. The van der Waals surface area contributed by atoms with Crippen molar-refractivity contribution in [3.05, 3.63) is 23.5 Å². The number of anilines is 1. The van der Waals surface area contributed by atoms with Crippen LogP contribution in [0, 0.1) is 12.7 Å². The third-order valence-corrected chi connectivity index (χ3v) is 2.99. The first-order valence-electron chi connectivity index (χ1n) is 5.97. The number of rotatable bonds is 3. The highest BCUT2D eigenvalue weighted by atomic mass is 19.1. The zero-order valence-electron chi connectivity index (χ0n) is 10.0. The van der Waals surface area contributed by atoms with E-state index in [4.69, 9.17) is 15.2 Å². The van der Waals surface area contributed by atoms with Crippen LogP contribution >= 0.6 is 0 Å².